The van der Waals surface area contributed by atoms with E-state index in [1.54, 1.807) is 0 Å². The number of nitrogens with zero attached hydrogens (tertiary/aromatic N) is 2. The molecule has 0 radical (unpaired) electrons. The molecule has 0 amide bonds. The Morgan fingerprint density at radius 3 is 2.85 bits per heavy atom. The first-order valence-electron chi connectivity index (χ1n) is 7.24. The predicted octanol–water partition coefficient (Wildman–Crippen LogP) is 2.88. The number of piperidine rings is 1. The van der Waals surface area contributed by atoms with Gasteiger partial charge in [-0.2, -0.15) is 0 Å². The summed E-state index contributed by atoms with van der Waals surface area (Å²) in [5, 5.41) is 3.39. The Balaban J connectivity index is 2.00. The van der Waals surface area contributed by atoms with E-state index in [0.29, 0.717) is 17.0 Å². The van der Waals surface area contributed by atoms with Gasteiger partial charge in [0.15, 0.2) is 11.6 Å². The molecule has 1 aromatic carbocycles. The highest BCUT2D eigenvalue weighted by Crippen LogP contribution is 2.23. The van der Waals surface area contributed by atoms with E-state index in [9.17, 15) is 8.78 Å². The maximum atomic E-state index is 13.5. The molecule has 1 aliphatic rings. The Morgan fingerprint density at radius 1 is 1.35 bits per heavy atom. The Bertz CT molecular complexity index is 615. The molecule has 1 aromatic heterocycles. The SMILES string of the molecule is CCc1nc2cc(F)c(F)cc2n1CC1CCCNC1. The van der Waals surface area contributed by atoms with Crippen molar-refractivity contribution in [3.05, 3.63) is 29.6 Å². The Labute approximate surface area is 117 Å². The average molecular weight is 279 g/mol. The molecule has 5 heteroatoms. The normalized spacial score (nSPS) is 19.6. The van der Waals surface area contributed by atoms with Crippen molar-refractivity contribution >= 4 is 11.0 Å². The first-order chi connectivity index (χ1) is 9.69. The van der Waals surface area contributed by atoms with Crippen LogP contribution in [0.4, 0.5) is 8.78 Å². The van der Waals surface area contributed by atoms with Gasteiger partial charge in [0.2, 0.25) is 0 Å². The van der Waals surface area contributed by atoms with E-state index in [-0.39, 0.29) is 0 Å². The van der Waals surface area contributed by atoms with Gasteiger partial charge in [-0.25, -0.2) is 13.8 Å². The Kier molecular flexibility index (Phi) is 3.70. The Hall–Kier alpha value is -1.49. The third-order valence-electron chi connectivity index (χ3n) is 4.03. The lowest BCUT2D eigenvalue weighted by Crippen LogP contribution is -2.32. The van der Waals surface area contributed by atoms with Crippen molar-refractivity contribution in [1.82, 2.24) is 14.9 Å². The number of fused-ring (bicyclic) bond motifs is 1. The predicted molar refractivity (Wildman–Crippen MR) is 74.6 cm³/mol. The van der Waals surface area contributed by atoms with E-state index >= 15 is 0 Å². The number of hydrogen-bond donors (Lipinski definition) is 1. The second-order valence-electron chi connectivity index (χ2n) is 5.46. The van der Waals surface area contributed by atoms with Gasteiger partial charge < -0.3 is 9.88 Å². The second-order valence-corrected chi connectivity index (χ2v) is 5.46. The van der Waals surface area contributed by atoms with Crippen LogP contribution in [0, 0.1) is 17.6 Å². The number of rotatable bonds is 3. The van der Waals surface area contributed by atoms with E-state index in [1.165, 1.54) is 25.0 Å². The quantitative estimate of drug-likeness (QED) is 0.936. The topological polar surface area (TPSA) is 29.9 Å². The molecular formula is C15H19F2N3. The van der Waals surface area contributed by atoms with Crippen LogP contribution in [0.1, 0.15) is 25.6 Å². The smallest absolute Gasteiger partial charge is 0.161 e. The number of imidazole rings is 1. The summed E-state index contributed by atoms with van der Waals surface area (Å²) in [4.78, 5) is 4.43. The fraction of sp³-hybridized carbons (Fsp3) is 0.533. The van der Waals surface area contributed by atoms with E-state index in [0.717, 1.165) is 31.9 Å². The highest BCUT2D eigenvalue weighted by atomic mass is 19.2. The van der Waals surface area contributed by atoms with Crippen LogP contribution in [0.25, 0.3) is 11.0 Å². The monoisotopic (exact) mass is 279 g/mol. The van der Waals surface area contributed by atoms with Crippen LogP contribution >= 0.6 is 0 Å². The van der Waals surface area contributed by atoms with Crippen molar-refractivity contribution in [2.24, 2.45) is 5.92 Å². The summed E-state index contributed by atoms with van der Waals surface area (Å²) in [5.74, 6) is -0.206. The van der Waals surface area contributed by atoms with Crippen LogP contribution in [-0.4, -0.2) is 22.6 Å². The summed E-state index contributed by atoms with van der Waals surface area (Å²) in [6, 6.07) is 2.46. The summed E-state index contributed by atoms with van der Waals surface area (Å²) >= 11 is 0. The number of nitrogens with one attached hydrogen (secondary N) is 1. The summed E-state index contributed by atoms with van der Waals surface area (Å²) in [7, 11) is 0. The van der Waals surface area contributed by atoms with E-state index in [1.807, 2.05) is 6.92 Å². The van der Waals surface area contributed by atoms with Crippen molar-refractivity contribution in [2.45, 2.75) is 32.7 Å². The van der Waals surface area contributed by atoms with Crippen LogP contribution < -0.4 is 5.32 Å². The zero-order valence-corrected chi connectivity index (χ0v) is 11.6. The van der Waals surface area contributed by atoms with Crippen LogP contribution in [0.15, 0.2) is 12.1 Å². The molecule has 3 rings (SSSR count). The molecule has 2 heterocycles. The highest BCUT2D eigenvalue weighted by molar-refractivity contribution is 5.76. The minimum absolute atomic E-state index is 0.527. The van der Waals surface area contributed by atoms with Crippen LogP contribution in [0.5, 0.6) is 0 Å². The van der Waals surface area contributed by atoms with Gasteiger partial charge in [-0.15, -0.1) is 0 Å². The molecule has 0 spiro atoms. The standard InChI is InChI=1S/C15H19F2N3/c1-2-15-19-13-6-11(16)12(17)7-14(13)20(15)9-10-4-3-5-18-8-10/h6-7,10,18H,2-5,8-9H2,1H3. The van der Waals surface area contributed by atoms with Gasteiger partial charge in [-0.1, -0.05) is 6.92 Å². The molecule has 3 nitrogen and oxygen atoms in total. The fourth-order valence-corrected chi connectivity index (χ4v) is 2.98. The molecule has 20 heavy (non-hydrogen) atoms. The number of aromatic nitrogens is 2. The molecule has 1 unspecified atom stereocenters. The van der Waals surface area contributed by atoms with Gasteiger partial charge in [0.05, 0.1) is 11.0 Å². The molecular weight excluding hydrogens is 260 g/mol. The van der Waals surface area contributed by atoms with Gasteiger partial charge in [-0.3, -0.25) is 0 Å². The maximum Gasteiger partial charge on any atom is 0.161 e. The van der Waals surface area contributed by atoms with Crippen LogP contribution in [-0.2, 0) is 13.0 Å². The van der Waals surface area contributed by atoms with Crippen molar-refractivity contribution in [1.29, 1.82) is 0 Å². The summed E-state index contributed by atoms with van der Waals surface area (Å²) in [6.07, 6.45) is 3.10. The van der Waals surface area contributed by atoms with Gasteiger partial charge in [0.1, 0.15) is 5.82 Å². The minimum atomic E-state index is -0.830. The fourth-order valence-electron chi connectivity index (χ4n) is 2.98. The number of benzene rings is 1. The van der Waals surface area contributed by atoms with Crippen LogP contribution in [0.3, 0.4) is 0 Å². The zero-order valence-electron chi connectivity index (χ0n) is 11.6. The molecule has 1 saturated heterocycles. The lowest BCUT2D eigenvalue weighted by molar-refractivity contribution is 0.337. The van der Waals surface area contributed by atoms with Gasteiger partial charge >= 0.3 is 0 Å². The number of halogens is 2. The third-order valence-corrected chi connectivity index (χ3v) is 4.03. The van der Waals surface area contributed by atoms with Crippen molar-refractivity contribution in [3.8, 4) is 0 Å². The first kappa shape index (κ1) is 13.5. The lowest BCUT2D eigenvalue weighted by Gasteiger charge is -2.24. The van der Waals surface area contributed by atoms with Gasteiger partial charge in [0.25, 0.3) is 0 Å². The largest absolute Gasteiger partial charge is 0.328 e. The summed E-state index contributed by atoms with van der Waals surface area (Å²) < 4.78 is 28.9. The van der Waals surface area contributed by atoms with Crippen molar-refractivity contribution < 1.29 is 8.78 Å². The minimum Gasteiger partial charge on any atom is -0.328 e. The van der Waals surface area contributed by atoms with E-state index < -0.39 is 11.6 Å². The first-order valence-corrected chi connectivity index (χ1v) is 7.24. The highest BCUT2D eigenvalue weighted by Gasteiger charge is 2.18. The molecule has 1 fully saturated rings. The van der Waals surface area contributed by atoms with Gasteiger partial charge in [0, 0.05) is 25.1 Å². The molecule has 1 N–H and O–H groups in total. The lowest BCUT2D eigenvalue weighted by atomic mass is 9.99. The number of aryl methyl sites for hydroxylation is 1. The maximum absolute atomic E-state index is 13.5. The van der Waals surface area contributed by atoms with Crippen LogP contribution in [0.2, 0.25) is 0 Å². The second kappa shape index (κ2) is 5.48. The molecule has 0 saturated carbocycles. The average Bonchev–Trinajstić information content (AvgIpc) is 2.78. The number of hydrogen-bond acceptors (Lipinski definition) is 2. The summed E-state index contributed by atoms with van der Waals surface area (Å²) in [5.41, 5.74) is 1.25. The molecule has 1 atom stereocenters. The zero-order chi connectivity index (χ0) is 14.1. The van der Waals surface area contributed by atoms with Crippen molar-refractivity contribution in [2.75, 3.05) is 13.1 Å². The molecule has 2 aromatic rings. The third kappa shape index (κ3) is 2.42. The molecule has 0 aliphatic carbocycles. The molecule has 108 valence electrons. The molecule has 0 bridgehead atoms. The van der Waals surface area contributed by atoms with E-state index in [4.69, 9.17) is 0 Å². The summed E-state index contributed by atoms with van der Waals surface area (Å²) in [6.45, 7) is 4.88. The van der Waals surface area contributed by atoms with Gasteiger partial charge in [-0.05, 0) is 31.8 Å². The molecule has 1 aliphatic heterocycles. The van der Waals surface area contributed by atoms with Crippen molar-refractivity contribution in [3.63, 3.8) is 0 Å². The Morgan fingerprint density at radius 2 is 2.15 bits per heavy atom. The van der Waals surface area contributed by atoms with E-state index in [2.05, 4.69) is 14.9 Å².